The molecule has 2 saturated heterocycles. The number of carbonyl (C=O) groups excluding carboxylic acids is 1. The van der Waals surface area contributed by atoms with Crippen LogP contribution in [-0.2, 0) is 19.7 Å². The van der Waals surface area contributed by atoms with E-state index in [2.05, 4.69) is 53.2 Å². The van der Waals surface area contributed by atoms with Crippen LogP contribution >= 0.6 is 0 Å². The predicted molar refractivity (Wildman–Crippen MR) is 105 cm³/mol. The SMILES string of the molecule is CC(C)N1C[C@@]2(CO[C@@H](C(=O)NCCN3CCOCC3)C2)c2ccccc21. The summed E-state index contributed by atoms with van der Waals surface area (Å²) in [6.07, 6.45) is 0.409. The van der Waals surface area contributed by atoms with Crippen molar-refractivity contribution in [2.45, 2.75) is 37.8 Å². The van der Waals surface area contributed by atoms with E-state index < -0.39 is 0 Å². The van der Waals surface area contributed by atoms with Crippen LogP contribution in [-0.4, -0.2) is 75.5 Å². The Bertz CT molecular complexity index is 674. The maximum atomic E-state index is 12.7. The topological polar surface area (TPSA) is 54.0 Å². The van der Waals surface area contributed by atoms with Crippen LogP contribution < -0.4 is 10.2 Å². The molecule has 1 spiro atoms. The number of hydrogen-bond acceptors (Lipinski definition) is 5. The second-order valence-electron chi connectivity index (χ2n) is 8.27. The molecule has 3 aliphatic heterocycles. The first-order valence-corrected chi connectivity index (χ1v) is 10.1. The summed E-state index contributed by atoms with van der Waals surface area (Å²) >= 11 is 0. The highest BCUT2D eigenvalue weighted by molar-refractivity contribution is 5.81. The van der Waals surface area contributed by atoms with Gasteiger partial charge in [-0.3, -0.25) is 9.69 Å². The van der Waals surface area contributed by atoms with Gasteiger partial charge in [0, 0.05) is 49.9 Å². The fraction of sp³-hybridized carbons (Fsp3) is 0.667. The standard InChI is InChI=1S/C21H31N3O3/c1-16(2)24-14-21(17-5-3-4-6-18(17)24)13-19(27-15-21)20(25)22-7-8-23-9-11-26-12-10-23/h3-6,16,19H,7-15H2,1-2H3,(H,22,25)/t19-,21+/m1/s1. The minimum Gasteiger partial charge on any atom is -0.379 e. The molecule has 6 nitrogen and oxygen atoms in total. The van der Waals surface area contributed by atoms with Gasteiger partial charge in [-0.15, -0.1) is 0 Å². The monoisotopic (exact) mass is 373 g/mol. The number of nitrogens with zero attached hydrogens (tertiary/aromatic N) is 2. The first-order valence-electron chi connectivity index (χ1n) is 10.1. The second-order valence-corrected chi connectivity index (χ2v) is 8.27. The van der Waals surface area contributed by atoms with Crippen LogP contribution in [0.4, 0.5) is 5.69 Å². The van der Waals surface area contributed by atoms with Crippen LogP contribution in [0.3, 0.4) is 0 Å². The zero-order chi connectivity index (χ0) is 18.9. The van der Waals surface area contributed by atoms with E-state index in [4.69, 9.17) is 9.47 Å². The zero-order valence-corrected chi connectivity index (χ0v) is 16.4. The Labute approximate surface area is 161 Å². The van der Waals surface area contributed by atoms with Crippen LogP contribution in [0.25, 0.3) is 0 Å². The van der Waals surface area contributed by atoms with E-state index >= 15 is 0 Å². The highest BCUT2D eigenvalue weighted by Crippen LogP contribution is 2.47. The van der Waals surface area contributed by atoms with Crippen molar-refractivity contribution in [1.82, 2.24) is 10.2 Å². The third kappa shape index (κ3) is 3.71. The van der Waals surface area contributed by atoms with Crippen molar-refractivity contribution in [3.05, 3.63) is 29.8 Å². The zero-order valence-electron chi connectivity index (χ0n) is 16.4. The summed E-state index contributed by atoms with van der Waals surface area (Å²) in [7, 11) is 0. The van der Waals surface area contributed by atoms with Crippen molar-refractivity contribution in [2.24, 2.45) is 0 Å². The fourth-order valence-electron chi connectivity index (χ4n) is 4.60. The lowest BCUT2D eigenvalue weighted by Gasteiger charge is -2.27. The maximum absolute atomic E-state index is 12.7. The largest absolute Gasteiger partial charge is 0.379 e. The normalized spacial score (nSPS) is 28.1. The summed E-state index contributed by atoms with van der Waals surface area (Å²) in [6, 6.07) is 9.03. The molecule has 0 saturated carbocycles. The fourth-order valence-corrected chi connectivity index (χ4v) is 4.60. The average molecular weight is 373 g/mol. The van der Waals surface area contributed by atoms with Crippen molar-refractivity contribution in [3.8, 4) is 0 Å². The number of anilines is 1. The second kappa shape index (κ2) is 7.78. The van der Waals surface area contributed by atoms with Crippen LogP contribution in [0, 0.1) is 0 Å². The molecule has 2 atom stereocenters. The number of amides is 1. The summed E-state index contributed by atoms with van der Waals surface area (Å²) in [6.45, 7) is 11.0. The lowest BCUT2D eigenvalue weighted by molar-refractivity contribution is -0.130. The van der Waals surface area contributed by atoms with Crippen molar-refractivity contribution in [2.75, 3.05) is 57.4 Å². The third-order valence-corrected chi connectivity index (χ3v) is 6.14. The van der Waals surface area contributed by atoms with Crippen LogP contribution in [0.1, 0.15) is 25.8 Å². The molecule has 3 aliphatic rings. The van der Waals surface area contributed by atoms with E-state index in [9.17, 15) is 4.79 Å². The number of rotatable bonds is 5. The molecule has 6 heteroatoms. The van der Waals surface area contributed by atoms with Gasteiger partial charge >= 0.3 is 0 Å². The Morgan fingerprint density at radius 2 is 2.07 bits per heavy atom. The van der Waals surface area contributed by atoms with Crippen LogP contribution in [0.15, 0.2) is 24.3 Å². The molecule has 0 unspecified atom stereocenters. The van der Waals surface area contributed by atoms with Gasteiger partial charge in [0.05, 0.1) is 19.8 Å². The van der Waals surface area contributed by atoms with Gasteiger partial charge in [-0.25, -0.2) is 0 Å². The van der Waals surface area contributed by atoms with Gasteiger partial charge in [0.2, 0.25) is 5.91 Å². The Kier molecular flexibility index (Phi) is 5.39. The van der Waals surface area contributed by atoms with Crippen LogP contribution in [0.2, 0.25) is 0 Å². The van der Waals surface area contributed by atoms with E-state index in [1.807, 2.05) is 0 Å². The summed E-state index contributed by atoms with van der Waals surface area (Å²) in [4.78, 5) is 17.4. The predicted octanol–water partition coefficient (Wildman–Crippen LogP) is 1.39. The number of nitrogens with one attached hydrogen (secondary N) is 1. The summed E-state index contributed by atoms with van der Waals surface area (Å²) in [5.74, 6) is 0.0283. The van der Waals surface area contributed by atoms with E-state index in [0.717, 1.165) is 45.8 Å². The van der Waals surface area contributed by atoms with E-state index in [1.165, 1.54) is 11.3 Å². The molecule has 0 radical (unpaired) electrons. The lowest BCUT2D eigenvalue weighted by atomic mass is 9.80. The molecule has 2 fully saturated rings. The first-order chi connectivity index (χ1) is 13.1. The molecule has 148 valence electrons. The maximum Gasteiger partial charge on any atom is 0.249 e. The summed E-state index contributed by atoms with van der Waals surface area (Å²) < 4.78 is 11.4. The van der Waals surface area contributed by atoms with Crippen molar-refractivity contribution in [3.63, 3.8) is 0 Å². The Balaban J connectivity index is 1.36. The van der Waals surface area contributed by atoms with Gasteiger partial charge in [0.15, 0.2) is 0 Å². The molecule has 1 aromatic rings. The summed E-state index contributed by atoms with van der Waals surface area (Å²) in [5.41, 5.74) is 2.57. The summed E-state index contributed by atoms with van der Waals surface area (Å²) in [5, 5.41) is 3.08. The molecule has 0 aromatic heterocycles. The molecule has 4 rings (SSSR count). The molecule has 0 bridgehead atoms. The number of fused-ring (bicyclic) bond motifs is 2. The first kappa shape index (κ1) is 18.7. The van der Waals surface area contributed by atoms with Gasteiger partial charge in [0.1, 0.15) is 6.10 Å². The minimum atomic E-state index is -0.352. The van der Waals surface area contributed by atoms with Gasteiger partial charge < -0.3 is 19.7 Å². The van der Waals surface area contributed by atoms with Gasteiger partial charge in [-0.05, 0) is 31.9 Å². The van der Waals surface area contributed by atoms with E-state index in [0.29, 0.717) is 19.2 Å². The molecule has 1 amide bonds. The Morgan fingerprint density at radius 1 is 1.30 bits per heavy atom. The van der Waals surface area contributed by atoms with Crippen LogP contribution in [0.5, 0.6) is 0 Å². The molecule has 3 heterocycles. The molecule has 27 heavy (non-hydrogen) atoms. The molecular weight excluding hydrogens is 342 g/mol. The Hall–Kier alpha value is -1.63. The minimum absolute atomic E-state index is 0.0283. The van der Waals surface area contributed by atoms with Crippen molar-refractivity contribution < 1.29 is 14.3 Å². The van der Waals surface area contributed by atoms with E-state index in [1.54, 1.807) is 0 Å². The molecular formula is C21H31N3O3. The molecule has 1 N–H and O–H groups in total. The number of carbonyl (C=O) groups is 1. The number of benzene rings is 1. The van der Waals surface area contributed by atoms with E-state index in [-0.39, 0.29) is 17.4 Å². The quantitative estimate of drug-likeness (QED) is 0.845. The highest BCUT2D eigenvalue weighted by Gasteiger charge is 2.50. The lowest BCUT2D eigenvalue weighted by Crippen LogP contribution is -2.43. The van der Waals surface area contributed by atoms with Crippen molar-refractivity contribution >= 4 is 11.6 Å². The number of hydrogen-bond donors (Lipinski definition) is 1. The number of morpholine rings is 1. The molecule has 0 aliphatic carbocycles. The highest BCUT2D eigenvalue weighted by atomic mass is 16.5. The van der Waals surface area contributed by atoms with Gasteiger partial charge in [0.25, 0.3) is 0 Å². The van der Waals surface area contributed by atoms with Crippen molar-refractivity contribution in [1.29, 1.82) is 0 Å². The Morgan fingerprint density at radius 3 is 2.85 bits per heavy atom. The van der Waals surface area contributed by atoms with Gasteiger partial charge in [-0.2, -0.15) is 0 Å². The number of para-hydroxylation sites is 1. The number of ether oxygens (including phenoxy) is 2. The van der Waals surface area contributed by atoms with Gasteiger partial charge in [-0.1, -0.05) is 18.2 Å². The third-order valence-electron chi connectivity index (χ3n) is 6.14. The molecule has 1 aromatic carbocycles. The average Bonchev–Trinajstić information content (AvgIpc) is 3.26. The smallest absolute Gasteiger partial charge is 0.249 e.